The first kappa shape index (κ1) is 12.1. The summed E-state index contributed by atoms with van der Waals surface area (Å²) < 4.78 is 27.7. The van der Waals surface area contributed by atoms with E-state index in [1.165, 1.54) is 29.8 Å². The number of sulfonamides is 1. The van der Waals surface area contributed by atoms with Crippen molar-refractivity contribution in [1.82, 2.24) is 9.97 Å². The molecule has 19 heavy (non-hydrogen) atoms. The first-order chi connectivity index (χ1) is 9.15. The van der Waals surface area contributed by atoms with Gasteiger partial charge in [0.25, 0.3) is 10.0 Å². The Morgan fingerprint density at radius 3 is 2.89 bits per heavy atom. The first-order valence-corrected chi connectivity index (χ1v) is 7.77. The van der Waals surface area contributed by atoms with E-state index < -0.39 is 10.0 Å². The van der Waals surface area contributed by atoms with Crippen LogP contribution in [0, 0.1) is 0 Å². The van der Waals surface area contributed by atoms with Gasteiger partial charge in [0.05, 0.1) is 21.4 Å². The summed E-state index contributed by atoms with van der Waals surface area (Å²) in [5, 5.41) is 0. The van der Waals surface area contributed by atoms with Gasteiger partial charge in [0, 0.05) is 12.4 Å². The summed E-state index contributed by atoms with van der Waals surface area (Å²) in [4.78, 5) is 8.09. The van der Waals surface area contributed by atoms with Crippen molar-refractivity contribution in [1.29, 1.82) is 0 Å². The molecule has 2 heterocycles. The molecule has 0 saturated carbocycles. The summed E-state index contributed by atoms with van der Waals surface area (Å²) in [6.45, 7) is 0. The maximum atomic E-state index is 12.1. The summed E-state index contributed by atoms with van der Waals surface area (Å²) in [7, 11) is -3.59. The van der Waals surface area contributed by atoms with Crippen molar-refractivity contribution >= 4 is 37.3 Å². The third kappa shape index (κ3) is 2.42. The second-order valence-electron chi connectivity index (χ2n) is 3.83. The molecule has 0 aliphatic rings. The van der Waals surface area contributed by atoms with Gasteiger partial charge in [-0.05, 0) is 30.3 Å². The highest BCUT2D eigenvalue weighted by atomic mass is 32.2. The quantitative estimate of drug-likeness (QED) is 0.804. The smallest absolute Gasteiger partial charge is 0.263 e. The Kier molecular flexibility index (Phi) is 2.92. The molecule has 0 fully saturated rings. The van der Waals surface area contributed by atoms with Crippen LogP contribution in [0.15, 0.2) is 53.1 Å². The minimum absolute atomic E-state index is 0.138. The van der Waals surface area contributed by atoms with E-state index in [9.17, 15) is 8.42 Å². The molecule has 0 bridgehead atoms. The highest BCUT2D eigenvalue weighted by Gasteiger charge is 2.14. The lowest BCUT2D eigenvalue weighted by molar-refractivity contribution is 0.601. The number of pyridine rings is 1. The Hall–Kier alpha value is -1.99. The van der Waals surface area contributed by atoms with Crippen molar-refractivity contribution in [3.05, 3.63) is 48.2 Å². The second kappa shape index (κ2) is 4.60. The average Bonchev–Trinajstić information content (AvgIpc) is 2.87. The topological polar surface area (TPSA) is 72.0 Å². The summed E-state index contributed by atoms with van der Waals surface area (Å²) in [5.41, 5.74) is 3.10. The molecule has 0 atom stereocenters. The zero-order valence-electron chi connectivity index (χ0n) is 9.65. The predicted octanol–water partition coefficient (Wildman–Crippen LogP) is 2.49. The van der Waals surface area contributed by atoms with Crippen LogP contribution in [0.3, 0.4) is 0 Å². The number of benzene rings is 1. The first-order valence-electron chi connectivity index (χ1n) is 5.41. The van der Waals surface area contributed by atoms with Crippen molar-refractivity contribution in [2.24, 2.45) is 0 Å². The van der Waals surface area contributed by atoms with E-state index >= 15 is 0 Å². The summed E-state index contributed by atoms with van der Waals surface area (Å²) >= 11 is 1.47. The number of aromatic nitrogens is 2. The summed E-state index contributed by atoms with van der Waals surface area (Å²) in [6, 6.07) is 8.32. The molecule has 96 valence electrons. The van der Waals surface area contributed by atoms with Gasteiger partial charge in [-0.25, -0.2) is 13.4 Å². The van der Waals surface area contributed by atoms with Crippen LogP contribution in [0.5, 0.6) is 0 Å². The lowest BCUT2D eigenvalue weighted by Crippen LogP contribution is -2.12. The van der Waals surface area contributed by atoms with Crippen LogP contribution >= 0.6 is 11.3 Å². The minimum Gasteiger partial charge on any atom is -0.280 e. The van der Waals surface area contributed by atoms with Crippen LogP contribution in [0.25, 0.3) is 10.2 Å². The number of anilines is 1. The highest BCUT2D eigenvalue weighted by Crippen LogP contribution is 2.23. The normalized spacial score (nSPS) is 11.6. The Balaban J connectivity index is 1.96. The number of thiazole rings is 1. The molecular weight excluding hydrogens is 282 g/mol. The largest absolute Gasteiger partial charge is 0.280 e. The van der Waals surface area contributed by atoms with Gasteiger partial charge in [0.1, 0.15) is 4.90 Å². The van der Waals surface area contributed by atoms with Gasteiger partial charge in [-0.3, -0.25) is 9.71 Å². The predicted molar refractivity (Wildman–Crippen MR) is 74.7 cm³/mol. The fourth-order valence-electron chi connectivity index (χ4n) is 1.64. The van der Waals surface area contributed by atoms with Crippen molar-refractivity contribution in [3.63, 3.8) is 0 Å². The number of hydrogen-bond donors (Lipinski definition) is 1. The number of nitrogens with one attached hydrogen (secondary N) is 1. The molecule has 3 aromatic rings. The van der Waals surface area contributed by atoms with Crippen molar-refractivity contribution in [2.75, 3.05) is 4.72 Å². The van der Waals surface area contributed by atoms with Crippen LogP contribution in [0.2, 0.25) is 0 Å². The molecule has 0 aliphatic heterocycles. The van der Waals surface area contributed by atoms with E-state index in [1.807, 2.05) is 0 Å². The van der Waals surface area contributed by atoms with Crippen LogP contribution in [0.1, 0.15) is 0 Å². The van der Waals surface area contributed by atoms with E-state index in [2.05, 4.69) is 14.7 Å². The number of hydrogen-bond acceptors (Lipinski definition) is 5. The molecule has 3 rings (SSSR count). The van der Waals surface area contributed by atoms with Crippen LogP contribution < -0.4 is 4.72 Å². The molecule has 0 aliphatic carbocycles. The van der Waals surface area contributed by atoms with Gasteiger partial charge in [0.2, 0.25) is 0 Å². The van der Waals surface area contributed by atoms with Gasteiger partial charge in [0.15, 0.2) is 0 Å². The van der Waals surface area contributed by atoms with Gasteiger partial charge in [-0.1, -0.05) is 0 Å². The summed E-state index contributed by atoms with van der Waals surface area (Å²) in [5.74, 6) is 0. The molecule has 1 N–H and O–H groups in total. The number of nitrogens with zero attached hydrogens (tertiary/aromatic N) is 2. The van der Waals surface area contributed by atoms with E-state index in [0.29, 0.717) is 5.69 Å². The highest BCUT2D eigenvalue weighted by molar-refractivity contribution is 7.92. The third-order valence-electron chi connectivity index (χ3n) is 2.53. The summed E-state index contributed by atoms with van der Waals surface area (Å²) in [6.07, 6.45) is 2.84. The standard InChI is InChI=1S/C12H9N3O2S2/c16-19(17,10-2-1-5-13-7-10)15-9-3-4-11-12(6-9)18-8-14-11/h1-8,15H. The minimum atomic E-state index is -3.59. The SMILES string of the molecule is O=S(=O)(Nc1ccc2ncsc2c1)c1cccnc1. The average molecular weight is 291 g/mol. The number of fused-ring (bicyclic) bond motifs is 1. The van der Waals surface area contributed by atoms with Gasteiger partial charge in [-0.2, -0.15) is 0 Å². The lowest BCUT2D eigenvalue weighted by Gasteiger charge is -2.07. The van der Waals surface area contributed by atoms with Gasteiger partial charge >= 0.3 is 0 Å². The Labute approximate surface area is 114 Å². The molecule has 0 radical (unpaired) electrons. The molecule has 0 amide bonds. The fourth-order valence-corrected chi connectivity index (χ4v) is 3.37. The van der Waals surface area contributed by atoms with Crippen molar-refractivity contribution in [3.8, 4) is 0 Å². The molecule has 0 saturated heterocycles. The van der Waals surface area contributed by atoms with Crippen LogP contribution in [0.4, 0.5) is 5.69 Å². The third-order valence-corrected chi connectivity index (χ3v) is 4.69. The fraction of sp³-hybridized carbons (Fsp3) is 0. The number of rotatable bonds is 3. The molecule has 0 unspecified atom stereocenters. The van der Waals surface area contributed by atoms with Crippen molar-refractivity contribution < 1.29 is 8.42 Å². The molecule has 1 aromatic carbocycles. The van der Waals surface area contributed by atoms with Crippen LogP contribution in [-0.4, -0.2) is 18.4 Å². The maximum Gasteiger partial charge on any atom is 0.263 e. The molecule has 5 nitrogen and oxygen atoms in total. The Bertz CT molecular complexity index is 813. The zero-order valence-corrected chi connectivity index (χ0v) is 11.3. The maximum absolute atomic E-state index is 12.1. The van der Waals surface area contributed by atoms with Gasteiger partial charge in [-0.15, -0.1) is 11.3 Å². The van der Waals surface area contributed by atoms with E-state index in [1.54, 1.807) is 29.8 Å². The van der Waals surface area contributed by atoms with Gasteiger partial charge < -0.3 is 0 Å². The lowest BCUT2D eigenvalue weighted by atomic mass is 10.3. The molecule has 0 spiro atoms. The van der Waals surface area contributed by atoms with Crippen molar-refractivity contribution in [2.45, 2.75) is 4.90 Å². The zero-order chi connectivity index (χ0) is 13.3. The Morgan fingerprint density at radius 2 is 2.11 bits per heavy atom. The van der Waals surface area contributed by atoms with E-state index in [0.717, 1.165) is 10.2 Å². The monoisotopic (exact) mass is 291 g/mol. The van der Waals surface area contributed by atoms with E-state index in [-0.39, 0.29) is 4.90 Å². The molecule has 7 heteroatoms. The second-order valence-corrected chi connectivity index (χ2v) is 6.40. The van der Waals surface area contributed by atoms with Crippen LogP contribution in [-0.2, 0) is 10.0 Å². The van der Waals surface area contributed by atoms with E-state index in [4.69, 9.17) is 0 Å². The molecule has 2 aromatic heterocycles. The molecular formula is C12H9N3O2S2. The Morgan fingerprint density at radius 1 is 1.21 bits per heavy atom.